The number of carbonyl (C=O) groups excluding carboxylic acids is 2. The Morgan fingerprint density at radius 3 is 2.27 bits per heavy atom. The SMILES string of the molecule is CO[C@]1(C)C[C@@H](C)CN(C)[C@H](C2CCCCC2)COC(=O)C(C)(C)C(=O)[C@H](C)[C@H]1O[C@@H]1O[C@H](C)C[C@H](N(C)C)[C@H]1O. The Hall–Kier alpha value is -1.10. The van der Waals surface area contributed by atoms with Crippen LogP contribution in [-0.2, 0) is 28.5 Å². The van der Waals surface area contributed by atoms with Gasteiger partial charge in [0.15, 0.2) is 12.1 Å². The first kappa shape index (κ1) is 34.4. The van der Waals surface area contributed by atoms with Crippen molar-refractivity contribution >= 4 is 11.8 Å². The second-order valence-corrected chi connectivity index (χ2v) is 14.2. The van der Waals surface area contributed by atoms with Gasteiger partial charge >= 0.3 is 5.97 Å². The van der Waals surface area contributed by atoms with E-state index in [-0.39, 0.29) is 36.5 Å². The van der Waals surface area contributed by atoms with Gasteiger partial charge in [-0.15, -0.1) is 0 Å². The van der Waals surface area contributed by atoms with Gasteiger partial charge in [0.2, 0.25) is 0 Å². The molecule has 0 aromatic heterocycles. The first-order valence-corrected chi connectivity index (χ1v) is 15.7. The number of methoxy groups -OCH3 is 1. The van der Waals surface area contributed by atoms with Gasteiger partial charge in [-0.2, -0.15) is 0 Å². The van der Waals surface area contributed by atoms with E-state index in [1.165, 1.54) is 19.3 Å². The summed E-state index contributed by atoms with van der Waals surface area (Å²) >= 11 is 0. The monoisotopic (exact) mass is 582 g/mol. The molecule has 0 spiro atoms. The molecule has 2 saturated heterocycles. The van der Waals surface area contributed by atoms with Crippen molar-refractivity contribution in [3.63, 3.8) is 0 Å². The quantitative estimate of drug-likeness (QED) is 0.382. The van der Waals surface area contributed by atoms with E-state index in [4.69, 9.17) is 18.9 Å². The van der Waals surface area contributed by atoms with E-state index in [9.17, 15) is 14.7 Å². The second kappa shape index (κ2) is 14.1. The highest BCUT2D eigenvalue weighted by Crippen LogP contribution is 2.39. The summed E-state index contributed by atoms with van der Waals surface area (Å²) in [5.74, 6) is -0.859. The number of rotatable bonds is 5. The lowest BCUT2D eigenvalue weighted by atomic mass is 9.74. The van der Waals surface area contributed by atoms with Gasteiger partial charge in [-0.05, 0) is 86.4 Å². The normalized spacial score (nSPS) is 40.9. The first-order valence-electron chi connectivity index (χ1n) is 15.7. The minimum absolute atomic E-state index is 0.0990. The molecule has 3 aliphatic rings. The van der Waals surface area contributed by atoms with Gasteiger partial charge in [-0.3, -0.25) is 14.5 Å². The van der Waals surface area contributed by atoms with E-state index in [0.717, 1.165) is 19.4 Å². The Balaban J connectivity index is 1.99. The van der Waals surface area contributed by atoms with Crippen molar-refractivity contribution in [2.45, 2.75) is 129 Å². The highest BCUT2D eigenvalue weighted by molar-refractivity contribution is 6.04. The van der Waals surface area contributed by atoms with Gasteiger partial charge in [0.1, 0.15) is 18.1 Å². The number of aliphatic hydroxyl groups excluding tert-OH is 1. The summed E-state index contributed by atoms with van der Waals surface area (Å²) in [6, 6.07) is -0.0594. The zero-order valence-electron chi connectivity index (χ0n) is 27.4. The average Bonchev–Trinajstić information content (AvgIpc) is 2.92. The smallest absolute Gasteiger partial charge is 0.319 e. The molecular weight excluding hydrogens is 524 g/mol. The molecule has 1 saturated carbocycles. The third-order valence-electron chi connectivity index (χ3n) is 10.1. The zero-order valence-corrected chi connectivity index (χ0v) is 27.4. The van der Waals surface area contributed by atoms with Gasteiger partial charge in [-0.1, -0.05) is 33.1 Å². The van der Waals surface area contributed by atoms with Crippen molar-refractivity contribution in [3.8, 4) is 0 Å². The molecule has 9 atom stereocenters. The Labute approximate surface area is 248 Å². The predicted molar refractivity (Wildman–Crippen MR) is 158 cm³/mol. The summed E-state index contributed by atoms with van der Waals surface area (Å²) in [6.45, 7) is 12.3. The third kappa shape index (κ3) is 7.90. The summed E-state index contributed by atoms with van der Waals surface area (Å²) in [6.07, 6.45) is 4.42. The molecule has 238 valence electrons. The fraction of sp³-hybridized carbons (Fsp3) is 0.938. The number of hydrogen-bond acceptors (Lipinski definition) is 9. The fourth-order valence-electron chi connectivity index (χ4n) is 7.58. The number of Topliss-reactive ketones (excluding diaryl/α,β-unsaturated/α-hetero) is 1. The summed E-state index contributed by atoms with van der Waals surface area (Å²) < 4.78 is 24.9. The average molecular weight is 583 g/mol. The third-order valence-corrected chi connectivity index (χ3v) is 10.1. The van der Waals surface area contributed by atoms with Crippen LogP contribution < -0.4 is 0 Å². The van der Waals surface area contributed by atoms with Crippen molar-refractivity contribution in [2.24, 2.45) is 23.2 Å². The minimum Gasteiger partial charge on any atom is -0.463 e. The Morgan fingerprint density at radius 1 is 1.05 bits per heavy atom. The molecule has 0 bridgehead atoms. The van der Waals surface area contributed by atoms with Crippen LogP contribution in [0.5, 0.6) is 0 Å². The topological polar surface area (TPSA) is 97.8 Å². The lowest BCUT2D eigenvalue weighted by molar-refractivity contribution is -0.295. The molecule has 2 aliphatic heterocycles. The first-order chi connectivity index (χ1) is 19.1. The van der Waals surface area contributed by atoms with Crippen molar-refractivity contribution in [1.82, 2.24) is 9.80 Å². The van der Waals surface area contributed by atoms with E-state index < -0.39 is 41.4 Å². The summed E-state index contributed by atoms with van der Waals surface area (Å²) in [4.78, 5) is 32.0. The van der Waals surface area contributed by atoms with E-state index in [2.05, 4.69) is 18.9 Å². The number of likely N-dealkylation sites (N-methyl/N-ethyl adjacent to an activating group) is 2. The number of esters is 1. The number of cyclic esters (lactones) is 1. The molecule has 3 fully saturated rings. The van der Waals surface area contributed by atoms with Crippen LogP contribution in [0, 0.1) is 23.2 Å². The van der Waals surface area contributed by atoms with Crippen LogP contribution in [0.3, 0.4) is 0 Å². The molecule has 0 radical (unpaired) electrons. The summed E-state index contributed by atoms with van der Waals surface area (Å²) in [7, 11) is 7.63. The Morgan fingerprint density at radius 2 is 1.68 bits per heavy atom. The summed E-state index contributed by atoms with van der Waals surface area (Å²) in [5.41, 5.74) is -2.27. The van der Waals surface area contributed by atoms with Crippen LogP contribution in [0.15, 0.2) is 0 Å². The largest absolute Gasteiger partial charge is 0.463 e. The molecule has 2 heterocycles. The lowest BCUT2D eigenvalue weighted by Gasteiger charge is -2.47. The fourth-order valence-corrected chi connectivity index (χ4v) is 7.58. The van der Waals surface area contributed by atoms with Gasteiger partial charge in [-0.25, -0.2) is 0 Å². The number of nitrogens with zero attached hydrogens (tertiary/aromatic N) is 2. The molecule has 0 unspecified atom stereocenters. The highest BCUT2D eigenvalue weighted by Gasteiger charge is 2.51. The van der Waals surface area contributed by atoms with Gasteiger partial charge in [0, 0.05) is 31.7 Å². The van der Waals surface area contributed by atoms with Crippen LogP contribution in [0.2, 0.25) is 0 Å². The Bertz CT molecular complexity index is 876. The lowest BCUT2D eigenvalue weighted by Crippen LogP contribution is -2.59. The Kier molecular flexibility index (Phi) is 11.8. The van der Waals surface area contributed by atoms with Crippen LogP contribution in [0.1, 0.15) is 86.5 Å². The van der Waals surface area contributed by atoms with Crippen LogP contribution in [0.25, 0.3) is 0 Å². The van der Waals surface area contributed by atoms with Gasteiger partial charge in [0.25, 0.3) is 0 Å². The van der Waals surface area contributed by atoms with Crippen molar-refractivity contribution in [1.29, 1.82) is 0 Å². The number of carbonyl (C=O) groups is 2. The number of ether oxygens (including phenoxy) is 4. The second-order valence-electron chi connectivity index (χ2n) is 14.2. The van der Waals surface area contributed by atoms with E-state index in [1.807, 2.05) is 32.8 Å². The van der Waals surface area contributed by atoms with Crippen LogP contribution >= 0.6 is 0 Å². The zero-order chi connectivity index (χ0) is 30.7. The molecule has 9 nitrogen and oxygen atoms in total. The van der Waals surface area contributed by atoms with Crippen molar-refractivity contribution < 1.29 is 33.6 Å². The number of aliphatic hydroxyl groups is 1. The maximum Gasteiger partial charge on any atom is 0.319 e. The highest BCUT2D eigenvalue weighted by atomic mass is 16.7. The van der Waals surface area contributed by atoms with Gasteiger partial charge in [0.05, 0.1) is 17.8 Å². The maximum absolute atomic E-state index is 14.1. The predicted octanol–water partition coefficient (Wildman–Crippen LogP) is 3.90. The molecule has 41 heavy (non-hydrogen) atoms. The van der Waals surface area contributed by atoms with Crippen LogP contribution in [0.4, 0.5) is 0 Å². The standard InChI is InChI=1S/C32H58N2O7/c1-20-17-32(6,38-10)28(41-29-26(35)24(33(7)8)16-21(2)40-29)22(3)27(36)31(4,5)30(37)39-19-25(34(9)18-20)23-14-12-11-13-15-23/h20-26,28-29,35H,11-19H2,1-10H3/t20-,21-,22+,24+,25+,26-,28-,29+,32-/m1/s1. The molecule has 3 rings (SSSR count). The van der Waals surface area contributed by atoms with E-state index in [0.29, 0.717) is 18.8 Å². The minimum atomic E-state index is -1.38. The van der Waals surface area contributed by atoms with Gasteiger partial charge < -0.3 is 29.0 Å². The molecule has 0 aromatic rings. The van der Waals surface area contributed by atoms with Crippen molar-refractivity contribution in [2.75, 3.05) is 41.4 Å². The number of hydrogen-bond donors (Lipinski definition) is 1. The summed E-state index contributed by atoms with van der Waals surface area (Å²) in [5, 5.41) is 11.3. The molecule has 0 amide bonds. The molecule has 1 N–H and O–H groups in total. The molecular formula is C32H58N2O7. The molecule has 9 heteroatoms. The van der Waals surface area contributed by atoms with E-state index >= 15 is 0 Å². The maximum atomic E-state index is 14.1. The molecule has 1 aliphatic carbocycles. The van der Waals surface area contributed by atoms with Crippen LogP contribution in [-0.4, -0.2) is 110 Å². The van der Waals surface area contributed by atoms with Crippen molar-refractivity contribution in [3.05, 3.63) is 0 Å². The number of ketones is 1. The van der Waals surface area contributed by atoms with E-state index in [1.54, 1.807) is 27.9 Å². The molecule has 0 aromatic carbocycles.